The van der Waals surface area contributed by atoms with Crippen LogP contribution in [0, 0.1) is 0 Å². The van der Waals surface area contributed by atoms with Crippen molar-refractivity contribution in [2.75, 3.05) is 39.3 Å². The summed E-state index contributed by atoms with van der Waals surface area (Å²) < 4.78 is 0. The third-order valence-corrected chi connectivity index (χ3v) is 5.30. The predicted octanol–water partition coefficient (Wildman–Crippen LogP) is 1.13. The quantitative estimate of drug-likeness (QED) is 0.799. The molecular formula is C17H34N4O. The average molecular weight is 310 g/mol. The van der Waals surface area contributed by atoms with Gasteiger partial charge in [0.25, 0.3) is 0 Å². The zero-order valence-corrected chi connectivity index (χ0v) is 14.6. The van der Waals surface area contributed by atoms with Crippen LogP contribution in [0.15, 0.2) is 0 Å². The molecule has 2 aliphatic heterocycles. The third-order valence-electron chi connectivity index (χ3n) is 5.30. The van der Waals surface area contributed by atoms with Crippen molar-refractivity contribution in [3.05, 3.63) is 0 Å². The van der Waals surface area contributed by atoms with Crippen LogP contribution in [0.3, 0.4) is 0 Å². The predicted molar refractivity (Wildman–Crippen MR) is 90.8 cm³/mol. The van der Waals surface area contributed by atoms with Crippen LogP contribution in [0.1, 0.15) is 46.5 Å². The maximum absolute atomic E-state index is 12.8. The first kappa shape index (κ1) is 17.7. The van der Waals surface area contributed by atoms with E-state index in [1.54, 1.807) is 0 Å². The number of carbonyl (C=O) groups excluding carboxylic acids is 1. The standard InChI is InChI=1S/C17H34N4O/c1-4-9-19-10-7-15(8-11-19)21-13-14(18)12-16(21)17(22)20(5-2)6-3/h14-16H,4-13,18H2,1-3H3/t14-,16+/m1/s1. The monoisotopic (exact) mass is 310 g/mol. The summed E-state index contributed by atoms with van der Waals surface area (Å²) in [6, 6.07) is 0.696. The number of piperidine rings is 1. The number of nitrogens with zero attached hydrogens (tertiary/aromatic N) is 3. The Hall–Kier alpha value is -0.650. The van der Waals surface area contributed by atoms with Gasteiger partial charge in [0, 0.05) is 31.7 Å². The second-order valence-electron chi connectivity index (χ2n) is 6.79. The molecule has 0 aliphatic carbocycles. The van der Waals surface area contributed by atoms with Crippen molar-refractivity contribution in [1.29, 1.82) is 0 Å². The second kappa shape index (κ2) is 8.27. The molecule has 2 fully saturated rings. The molecule has 22 heavy (non-hydrogen) atoms. The smallest absolute Gasteiger partial charge is 0.239 e. The summed E-state index contributed by atoms with van der Waals surface area (Å²) in [6.45, 7) is 12.4. The molecule has 2 rings (SSSR count). The molecule has 128 valence electrons. The molecule has 5 nitrogen and oxygen atoms in total. The lowest BCUT2D eigenvalue weighted by Crippen LogP contribution is -2.52. The highest BCUT2D eigenvalue weighted by molar-refractivity contribution is 5.82. The largest absolute Gasteiger partial charge is 0.342 e. The number of amides is 1. The highest BCUT2D eigenvalue weighted by Crippen LogP contribution is 2.27. The molecule has 2 aliphatic rings. The highest BCUT2D eigenvalue weighted by atomic mass is 16.2. The van der Waals surface area contributed by atoms with Crippen LogP contribution in [-0.2, 0) is 4.79 Å². The molecule has 2 atom stereocenters. The van der Waals surface area contributed by atoms with Crippen LogP contribution in [0.2, 0.25) is 0 Å². The Labute approximate surface area is 135 Å². The van der Waals surface area contributed by atoms with E-state index in [9.17, 15) is 4.79 Å². The van der Waals surface area contributed by atoms with E-state index in [4.69, 9.17) is 5.73 Å². The summed E-state index contributed by atoms with van der Waals surface area (Å²) in [4.78, 5) is 19.7. The molecule has 0 saturated carbocycles. The molecule has 2 heterocycles. The Morgan fingerprint density at radius 1 is 1.18 bits per heavy atom. The molecule has 0 aromatic carbocycles. The van der Waals surface area contributed by atoms with Crippen molar-refractivity contribution in [1.82, 2.24) is 14.7 Å². The molecule has 0 aromatic heterocycles. The Morgan fingerprint density at radius 2 is 1.82 bits per heavy atom. The summed E-state index contributed by atoms with van der Waals surface area (Å²) >= 11 is 0. The summed E-state index contributed by atoms with van der Waals surface area (Å²) in [7, 11) is 0. The first-order valence-electron chi connectivity index (χ1n) is 9.13. The van der Waals surface area contributed by atoms with Crippen molar-refractivity contribution < 1.29 is 4.79 Å². The normalized spacial score (nSPS) is 28.2. The maximum atomic E-state index is 12.8. The van der Waals surface area contributed by atoms with E-state index in [2.05, 4.69) is 30.6 Å². The van der Waals surface area contributed by atoms with Gasteiger partial charge in [-0.05, 0) is 59.2 Å². The van der Waals surface area contributed by atoms with E-state index in [1.807, 2.05) is 4.90 Å². The van der Waals surface area contributed by atoms with Gasteiger partial charge in [-0.3, -0.25) is 9.69 Å². The SMILES string of the molecule is CCCN1CCC(N2C[C@H](N)C[C@H]2C(=O)N(CC)CC)CC1. The van der Waals surface area contributed by atoms with E-state index in [-0.39, 0.29) is 18.0 Å². The van der Waals surface area contributed by atoms with Gasteiger partial charge >= 0.3 is 0 Å². The Kier molecular flexibility index (Phi) is 6.66. The fourth-order valence-corrected chi connectivity index (χ4v) is 4.08. The third kappa shape index (κ3) is 4.00. The Morgan fingerprint density at radius 3 is 2.36 bits per heavy atom. The van der Waals surface area contributed by atoms with E-state index in [0.29, 0.717) is 6.04 Å². The van der Waals surface area contributed by atoms with E-state index in [0.717, 1.165) is 39.1 Å². The molecular weight excluding hydrogens is 276 g/mol. The van der Waals surface area contributed by atoms with Gasteiger partial charge in [0.05, 0.1) is 6.04 Å². The molecule has 0 radical (unpaired) electrons. The number of hydrogen-bond donors (Lipinski definition) is 1. The van der Waals surface area contributed by atoms with Gasteiger partial charge in [-0.2, -0.15) is 0 Å². The molecule has 1 amide bonds. The van der Waals surface area contributed by atoms with Crippen molar-refractivity contribution >= 4 is 5.91 Å². The van der Waals surface area contributed by atoms with Crippen molar-refractivity contribution in [3.8, 4) is 0 Å². The van der Waals surface area contributed by atoms with E-state index >= 15 is 0 Å². The first-order valence-corrected chi connectivity index (χ1v) is 9.13. The van der Waals surface area contributed by atoms with Gasteiger partial charge in [-0.25, -0.2) is 0 Å². The summed E-state index contributed by atoms with van der Waals surface area (Å²) in [6.07, 6.45) is 4.40. The fourth-order valence-electron chi connectivity index (χ4n) is 4.08. The topological polar surface area (TPSA) is 52.8 Å². The second-order valence-corrected chi connectivity index (χ2v) is 6.79. The van der Waals surface area contributed by atoms with Crippen LogP contribution in [0.4, 0.5) is 0 Å². The Balaban J connectivity index is 1.98. The molecule has 0 bridgehead atoms. The maximum Gasteiger partial charge on any atom is 0.239 e. The van der Waals surface area contributed by atoms with Crippen LogP contribution < -0.4 is 5.73 Å². The van der Waals surface area contributed by atoms with Crippen LogP contribution >= 0.6 is 0 Å². The first-order chi connectivity index (χ1) is 10.6. The van der Waals surface area contributed by atoms with Gasteiger partial charge in [-0.15, -0.1) is 0 Å². The lowest BCUT2D eigenvalue weighted by molar-refractivity contribution is -0.136. The molecule has 0 spiro atoms. The van der Waals surface area contributed by atoms with Crippen molar-refractivity contribution in [3.63, 3.8) is 0 Å². The number of likely N-dealkylation sites (tertiary alicyclic amines) is 2. The van der Waals surface area contributed by atoms with Crippen molar-refractivity contribution in [2.45, 2.75) is 64.6 Å². The van der Waals surface area contributed by atoms with Gasteiger partial charge < -0.3 is 15.5 Å². The zero-order valence-electron chi connectivity index (χ0n) is 14.6. The van der Waals surface area contributed by atoms with Gasteiger partial charge in [0.15, 0.2) is 0 Å². The van der Waals surface area contributed by atoms with Crippen LogP contribution in [-0.4, -0.2) is 78.0 Å². The number of likely N-dealkylation sites (N-methyl/N-ethyl adjacent to an activating group) is 1. The van der Waals surface area contributed by atoms with Gasteiger partial charge in [0.2, 0.25) is 5.91 Å². The molecule has 0 unspecified atom stereocenters. The van der Waals surface area contributed by atoms with E-state index in [1.165, 1.54) is 25.8 Å². The summed E-state index contributed by atoms with van der Waals surface area (Å²) in [5.74, 6) is 0.286. The summed E-state index contributed by atoms with van der Waals surface area (Å²) in [5, 5.41) is 0. The number of hydrogen-bond acceptors (Lipinski definition) is 4. The minimum Gasteiger partial charge on any atom is -0.342 e. The number of rotatable bonds is 6. The zero-order chi connectivity index (χ0) is 16.1. The van der Waals surface area contributed by atoms with E-state index < -0.39 is 0 Å². The average Bonchev–Trinajstić information content (AvgIpc) is 2.91. The number of nitrogens with two attached hydrogens (primary N) is 1. The highest BCUT2D eigenvalue weighted by Gasteiger charge is 2.41. The molecule has 2 N–H and O–H groups in total. The van der Waals surface area contributed by atoms with Gasteiger partial charge in [-0.1, -0.05) is 6.92 Å². The van der Waals surface area contributed by atoms with Crippen molar-refractivity contribution in [2.24, 2.45) is 5.73 Å². The van der Waals surface area contributed by atoms with Crippen LogP contribution in [0.5, 0.6) is 0 Å². The minimum absolute atomic E-state index is 0.0117. The molecule has 0 aromatic rings. The lowest BCUT2D eigenvalue weighted by Gasteiger charge is -2.39. The minimum atomic E-state index is 0.0117. The van der Waals surface area contributed by atoms with Gasteiger partial charge in [0.1, 0.15) is 0 Å². The number of carbonyl (C=O) groups is 1. The molecule has 2 saturated heterocycles. The van der Waals surface area contributed by atoms with Crippen LogP contribution in [0.25, 0.3) is 0 Å². The summed E-state index contributed by atoms with van der Waals surface area (Å²) in [5.41, 5.74) is 6.20. The fraction of sp³-hybridized carbons (Fsp3) is 0.941. The molecule has 5 heteroatoms. The Bertz CT molecular complexity index is 351. The lowest BCUT2D eigenvalue weighted by atomic mass is 10.0.